The molecule has 0 N–H and O–H groups in total. The molecule has 7 nitrogen and oxygen atoms in total. The number of amides is 1. The van der Waals surface area contributed by atoms with Gasteiger partial charge in [-0.2, -0.15) is 0 Å². The molecule has 200 valence electrons. The molecule has 0 aromatic heterocycles. The molecular weight excluding hydrogens is 485 g/mol. The first-order valence-electron chi connectivity index (χ1n) is 12.8. The summed E-state index contributed by atoms with van der Waals surface area (Å²) in [6.07, 6.45) is -0.151. The first-order valence-corrected chi connectivity index (χ1v) is 12.8. The number of fused-ring (bicyclic) bond motifs is 1. The maximum absolute atomic E-state index is 13.6. The zero-order valence-corrected chi connectivity index (χ0v) is 22.1. The normalized spacial score (nSPS) is 17.5. The van der Waals surface area contributed by atoms with Crippen molar-refractivity contribution in [3.63, 3.8) is 0 Å². The van der Waals surface area contributed by atoms with Crippen LogP contribution < -0.4 is 0 Å². The van der Waals surface area contributed by atoms with Gasteiger partial charge in [0.15, 0.2) is 0 Å². The molecule has 1 atom stereocenters. The summed E-state index contributed by atoms with van der Waals surface area (Å²) in [5.41, 5.74) is 1.45. The second-order valence-corrected chi connectivity index (χ2v) is 10.8. The number of nitro groups is 1. The molecule has 3 aromatic carbocycles. The first kappa shape index (κ1) is 27.3. The molecule has 1 aliphatic rings. The average molecular weight is 520 g/mol. The van der Waals surface area contributed by atoms with Crippen LogP contribution >= 0.6 is 0 Å². The summed E-state index contributed by atoms with van der Waals surface area (Å²) < 4.78 is 19.3. The molecule has 1 heterocycles. The molecule has 0 radical (unpaired) electrons. The maximum Gasteiger partial charge on any atom is 0.410 e. The van der Waals surface area contributed by atoms with Gasteiger partial charge in [-0.1, -0.05) is 66.7 Å². The van der Waals surface area contributed by atoms with Gasteiger partial charge in [0.05, 0.1) is 12.8 Å². The van der Waals surface area contributed by atoms with E-state index in [9.17, 15) is 19.3 Å². The largest absolute Gasteiger partial charge is 0.444 e. The van der Waals surface area contributed by atoms with Crippen molar-refractivity contribution in [1.29, 1.82) is 0 Å². The van der Waals surface area contributed by atoms with E-state index in [4.69, 9.17) is 4.74 Å². The highest BCUT2D eigenvalue weighted by Gasteiger charge is 2.51. The molecular formula is C30H34FN3O4. The monoisotopic (exact) mass is 519 g/mol. The summed E-state index contributed by atoms with van der Waals surface area (Å²) in [5.74, 6) is -0.385. The van der Waals surface area contributed by atoms with E-state index in [2.05, 4.69) is 0 Å². The number of carbonyl (C=O) groups is 1. The molecule has 0 fully saturated rings. The van der Waals surface area contributed by atoms with E-state index in [1.165, 1.54) is 12.1 Å². The van der Waals surface area contributed by atoms with Crippen LogP contribution in [0.1, 0.15) is 43.0 Å². The maximum atomic E-state index is 13.6. The molecule has 1 aliphatic heterocycles. The minimum atomic E-state index is -1.45. The number of halogens is 1. The molecule has 1 unspecified atom stereocenters. The number of hydrogen-bond donors (Lipinski definition) is 0. The molecule has 0 bridgehead atoms. The van der Waals surface area contributed by atoms with Crippen LogP contribution in [0.3, 0.4) is 0 Å². The van der Waals surface area contributed by atoms with Crippen LogP contribution in [0.4, 0.5) is 9.18 Å². The molecule has 4 rings (SSSR count). The van der Waals surface area contributed by atoms with Gasteiger partial charge in [-0.3, -0.25) is 10.1 Å². The predicted molar refractivity (Wildman–Crippen MR) is 143 cm³/mol. The highest BCUT2D eigenvalue weighted by molar-refractivity contribution is 5.68. The molecule has 3 aromatic rings. The van der Waals surface area contributed by atoms with Crippen molar-refractivity contribution >= 4 is 6.09 Å². The van der Waals surface area contributed by atoms with Gasteiger partial charge in [0.1, 0.15) is 11.4 Å². The van der Waals surface area contributed by atoms with Crippen molar-refractivity contribution in [1.82, 2.24) is 9.80 Å². The lowest BCUT2D eigenvalue weighted by Crippen LogP contribution is -2.61. The number of nitrogens with zero attached hydrogens (tertiary/aromatic N) is 3. The Hall–Kier alpha value is -3.78. The smallest absolute Gasteiger partial charge is 0.410 e. The van der Waals surface area contributed by atoms with Crippen molar-refractivity contribution < 1.29 is 18.8 Å². The van der Waals surface area contributed by atoms with Crippen LogP contribution in [0.2, 0.25) is 0 Å². The fraction of sp³-hybridized carbons (Fsp3) is 0.367. The molecule has 0 spiro atoms. The second-order valence-electron chi connectivity index (χ2n) is 10.8. The zero-order valence-electron chi connectivity index (χ0n) is 22.1. The van der Waals surface area contributed by atoms with Crippen molar-refractivity contribution in [2.75, 3.05) is 13.1 Å². The third-order valence-corrected chi connectivity index (χ3v) is 6.79. The highest BCUT2D eigenvalue weighted by Crippen LogP contribution is 2.34. The van der Waals surface area contributed by atoms with Gasteiger partial charge in [-0.05, 0) is 55.2 Å². The van der Waals surface area contributed by atoms with E-state index >= 15 is 0 Å². The Bertz CT molecular complexity index is 1260. The van der Waals surface area contributed by atoms with Gasteiger partial charge in [-0.25, -0.2) is 14.1 Å². The Kier molecular flexibility index (Phi) is 8.11. The number of benzene rings is 3. The summed E-state index contributed by atoms with van der Waals surface area (Å²) in [6, 6.07) is 23.2. The standard InChI is InChI=1S/C30H34FN3O4/c1-29(2,3)38-28(35)32(21-24-9-5-4-6-10-24)17-18-33-22-26-12-8-7-11-25(26)20-30(33,34(36)37)19-23-13-15-27(31)16-14-23/h4-16H,17-22H2,1-3H3. The Morgan fingerprint density at radius 3 is 2.26 bits per heavy atom. The number of hydrogen-bond acceptors (Lipinski definition) is 5. The molecule has 0 aliphatic carbocycles. The van der Waals surface area contributed by atoms with Gasteiger partial charge in [0.2, 0.25) is 0 Å². The van der Waals surface area contributed by atoms with Gasteiger partial charge in [-0.15, -0.1) is 0 Å². The summed E-state index contributed by atoms with van der Waals surface area (Å²) in [5, 5.41) is 12.8. The first-order chi connectivity index (χ1) is 18.1. The average Bonchev–Trinajstić information content (AvgIpc) is 2.87. The van der Waals surface area contributed by atoms with Crippen molar-refractivity contribution in [3.05, 3.63) is 117 Å². The Morgan fingerprint density at radius 1 is 1.00 bits per heavy atom. The Morgan fingerprint density at radius 2 is 1.63 bits per heavy atom. The van der Waals surface area contributed by atoms with E-state index in [-0.39, 0.29) is 36.7 Å². The Balaban J connectivity index is 1.64. The molecule has 0 saturated heterocycles. The zero-order chi connectivity index (χ0) is 27.3. The summed E-state index contributed by atoms with van der Waals surface area (Å²) in [6.45, 7) is 6.64. The summed E-state index contributed by atoms with van der Waals surface area (Å²) >= 11 is 0. The van der Waals surface area contributed by atoms with E-state index in [1.54, 1.807) is 17.0 Å². The lowest BCUT2D eigenvalue weighted by Gasteiger charge is -2.41. The van der Waals surface area contributed by atoms with E-state index in [1.807, 2.05) is 80.3 Å². The summed E-state index contributed by atoms with van der Waals surface area (Å²) in [4.78, 5) is 29.2. The van der Waals surface area contributed by atoms with E-state index < -0.39 is 17.4 Å². The lowest BCUT2D eigenvalue weighted by atomic mass is 9.85. The van der Waals surface area contributed by atoms with Gasteiger partial charge < -0.3 is 9.64 Å². The minimum absolute atomic E-state index is 0.111. The van der Waals surface area contributed by atoms with Gasteiger partial charge >= 0.3 is 6.09 Å². The third-order valence-electron chi connectivity index (χ3n) is 6.79. The van der Waals surface area contributed by atoms with Crippen LogP contribution in [0.25, 0.3) is 0 Å². The second kappa shape index (κ2) is 11.3. The quantitative estimate of drug-likeness (QED) is 0.276. The molecule has 38 heavy (non-hydrogen) atoms. The van der Waals surface area contributed by atoms with Crippen LogP contribution in [0.15, 0.2) is 78.9 Å². The van der Waals surface area contributed by atoms with Crippen molar-refractivity contribution in [2.45, 2.75) is 58.0 Å². The Labute approximate surface area is 223 Å². The molecule has 1 amide bonds. The van der Waals surface area contributed by atoms with Gasteiger partial charge in [0, 0.05) is 31.1 Å². The number of carbonyl (C=O) groups excluding carboxylic acids is 1. The number of rotatable bonds is 8. The fourth-order valence-electron chi connectivity index (χ4n) is 4.90. The van der Waals surface area contributed by atoms with Crippen molar-refractivity contribution in [2.24, 2.45) is 0 Å². The van der Waals surface area contributed by atoms with E-state index in [0.29, 0.717) is 18.7 Å². The van der Waals surface area contributed by atoms with Crippen LogP contribution in [-0.2, 0) is 30.7 Å². The minimum Gasteiger partial charge on any atom is -0.444 e. The lowest BCUT2D eigenvalue weighted by molar-refractivity contribution is -0.604. The van der Waals surface area contributed by atoms with Crippen LogP contribution in [0.5, 0.6) is 0 Å². The topological polar surface area (TPSA) is 75.9 Å². The third kappa shape index (κ3) is 6.55. The van der Waals surface area contributed by atoms with Gasteiger partial charge in [0.25, 0.3) is 5.66 Å². The molecule has 0 saturated carbocycles. The predicted octanol–water partition coefficient (Wildman–Crippen LogP) is 5.84. The number of ether oxygens (including phenoxy) is 1. The van der Waals surface area contributed by atoms with Crippen LogP contribution in [0, 0.1) is 15.9 Å². The van der Waals surface area contributed by atoms with Crippen molar-refractivity contribution in [3.8, 4) is 0 Å². The summed E-state index contributed by atoms with van der Waals surface area (Å²) in [7, 11) is 0. The highest BCUT2D eigenvalue weighted by atomic mass is 19.1. The SMILES string of the molecule is CC(C)(C)OC(=O)N(CCN1Cc2ccccc2CC1(Cc1ccc(F)cc1)[N+](=O)[O-])Cc1ccccc1. The van der Waals surface area contributed by atoms with E-state index in [0.717, 1.165) is 16.7 Å². The van der Waals surface area contributed by atoms with Crippen LogP contribution in [-0.4, -0.2) is 45.2 Å². The molecule has 8 heteroatoms. The fourth-order valence-corrected chi connectivity index (χ4v) is 4.90.